The molecule has 0 aliphatic heterocycles. The summed E-state index contributed by atoms with van der Waals surface area (Å²) in [6.45, 7) is 3.65. The molecule has 1 aromatic heterocycles. The van der Waals surface area contributed by atoms with Crippen molar-refractivity contribution in [2.45, 2.75) is 19.8 Å². The number of carboxylic acids is 1. The van der Waals surface area contributed by atoms with Gasteiger partial charge in [-0.1, -0.05) is 19.9 Å². The summed E-state index contributed by atoms with van der Waals surface area (Å²) in [6, 6.07) is 12.1. The maximum atomic E-state index is 12.6. The van der Waals surface area contributed by atoms with Gasteiger partial charge in [0.2, 0.25) is 0 Å². The number of hydrogen-bond acceptors (Lipinski definition) is 4. The number of ether oxygens (including phenoxy) is 1. The Balaban J connectivity index is 2.13. The highest BCUT2D eigenvalue weighted by Crippen LogP contribution is 2.20. The molecule has 0 fully saturated rings. The summed E-state index contributed by atoms with van der Waals surface area (Å²) in [5, 5.41) is 8.59. The van der Waals surface area contributed by atoms with Crippen molar-refractivity contribution in [2.24, 2.45) is 0 Å². The van der Waals surface area contributed by atoms with Gasteiger partial charge in [0.1, 0.15) is 11.4 Å². The van der Waals surface area contributed by atoms with Gasteiger partial charge in [-0.05, 0) is 42.3 Å². The summed E-state index contributed by atoms with van der Waals surface area (Å²) >= 11 is 0. The number of rotatable bonds is 6. The van der Waals surface area contributed by atoms with E-state index in [0.29, 0.717) is 17.1 Å². The molecule has 1 amide bonds. The van der Waals surface area contributed by atoms with Crippen molar-refractivity contribution >= 4 is 17.6 Å². The molecule has 2 rings (SSSR count). The van der Waals surface area contributed by atoms with Crippen LogP contribution in [0.15, 0.2) is 42.5 Å². The van der Waals surface area contributed by atoms with Crippen molar-refractivity contribution in [1.29, 1.82) is 0 Å². The van der Waals surface area contributed by atoms with E-state index in [1.807, 2.05) is 26.0 Å². The average Bonchev–Trinajstić information content (AvgIpc) is 2.59. The molecule has 0 aliphatic rings. The minimum atomic E-state index is -1.04. The van der Waals surface area contributed by atoms with Gasteiger partial charge in [0, 0.05) is 18.4 Å². The van der Waals surface area contributed by atoms with Gasteiger partial charge in [0.05, 0.1) is 0 Å². The molecule has 0 radical (unpaired) electrons. The number of anilines is 1. The fourth-order valence-corrected chi connectivity index (χ4v) is 2.09. The minimum absolute atomic E-state index is 0.211. The van der Waals surface area contributed by atoms with Crippen molar-refractivity contribution in [1.82, 2.24) is 4.98 Å². The maximum absolute atomic E-state index is 12.6. The second kappa shape index (κ2) is 7.59. The van der Waals surface area contributed by atoms with Crippen molar-refractivity contribution < 1.29 is 19.4 Å². The highest BCUT2D eigenvalue weighted by molar-refractivity contribution is 6.04. The number of amides is 1. The molecular weight excluding hydrogens is 308 g/mol. The summed E-state index contributed by atoms with van der Waals surface area (Å²) in [5.74, 6) is -0.574. The van der Waals surface area contributed by atoms with E-state index in [9.17, 15) is 9.59 Å². The number of carboxylic acid groups (broad SMARTS) is 1. The molecule has 0 saturated carbocycles. The van der Waals surface area contributed by atoms with Gasteiger partial charge < -0.3 is 14.7 Å². The second-order valence-electron chi connectivity index (χ2n) is 5.64. The Labute approximate surface area is 140 Å². The van der Waals surface area contributed by atoms with Crippen LogP contribution in [0.1, 0.15) is 35.9 Å². The van der Waals surface area contributed by atoms with Crippen molar-refractivity contribution in [3.8, 4) is 5.75 Å². The van der Waals surface area contributed by atoms with E-state index in [4.69, 9.17) is 9.84 Å². The third-order valence-corrected chi connectivity index (χ3v) is 3.47. The van der Waals surface area contributed by atoms with Gasteiger partial charge in [-0.3, -0.25) is 4.79 Å². The Bertz CT molecular complexity index is 726. The number of aliphatic carboxylic acids is 1. The van der Waals surface area contributed by atoms with Crippen LogP contribution in [-0.4, -0.2) is 35.6 Å². The Morgan fingerprint density at radius 3 is 2.42 bits per heavy atom. The van der Waals surface area contributed by atoms with Crippen molar-refractivity contribution in [3.63, 3.8) is 0 Å². The fraction of sp³-hybridized carbons (Fsp3) is 0.278. The van der Waals surface area contributed by atoms with Crippen LogP contribution in [-0.2, 0) is 4.79 Å². The zero-order valence-corrected chi connectivity index (χ0v) is 13.9. The van der Waals surface area contributed by atoms with Gasteiger partial charge in [-0.2, -0.15) is 0 Å². The van der Waals surface area contributed by atoms with E-state index < -0.39 is 12.6 Å². The van der Waals surface area contributed by atoms with Crippen LogP contribution in [0.25, 0.3) is 0 Å². The number of carbonyl (C=O) groups excluding carboxylic acids is 1. The van der Waals surface area contributed by atoms with Crippen LogP contribution in [0.5, 0.6) is 5.75 Å². The summed E-state index contributed by atoms with van der Waals surface area (Å²) in [6.07, 6.45) is 0. The summed E-state index contributed by atoms with van der Waals surface area (Å²) < 4.78 is 5.07. The van der Waals surface area contributed by atoms with E-state index in [2.05, 4.69) is 4.98 Å². The summed E-state index contributed by atoms with van der Waals surface area (Å²) in [7, 11) is 1.67. The number of carbonyl (C=O) groups is 2. The zero-order chi connectivity index (χ0) is 17.7. The summed E-state index contributed by atoms with van der Waals surface area (Å²) in [5.41, 5.74) is 1.92. The number of hydrogen-bond donors (Lipinski definition) is 1. The minimum Gasteiger partial charge on any atom is -0.482 e. The molecule has 1 N–H and O–H groups in total. The number of nitrogens with zero attached hydrogens (tertiary/aromatic N) is 2. The molecule has 6 heteroatoms. The van der Waals surface area contributed by atoms with Gasteiger partial charge >= 0.3 is 5.97 Å². The number of aromatic nitrogens is 1. The number of pyridine rings is 1. The number of benzene rings is 1. The zero-order valence-electron chi connectivity index (χ0n) is 13.9. The van der Waals surface area contributed by atoms with Crippen LogP contribution in [0, 0.1) is 0 Å². The molecule has 1 aromatic carbocycles. The standard InChI is InChI=1S/C18H20N2O4/c1-12(2)15-5-4-6-16(19-15)18(23)20(3)13-7-9-14(10-8-13)24-11-17(21)22/h4-10,12H,11H2,1-3H3,(H,21,22). The maximum Gasteiger partial charge on any atom is 0.341 e. The molecule has 0 saturated heterocycles. The van der Waals surface area contributed by atoms with Gasteiger partial charge in [0.25, 0.3) is 5.91 Å². The van der Waals surface area contributed by atoms with E-state index in [0.717, 1.165) is 5.69 Å². The first-order valence-corrected chi connectivity index (χ1v) is 7.58. The lowest BCUT2D eigenvalue weighted by molar-refractivity contribution is -0.139. The van der Waals surface area contributed by atoms with Crippen LogP contribution in [0.4, 0.5) is 5.69 Å². The van der Waals surface area contributed by atoms with E-state index in [1.165, 1.54) is 4.90 Å². The molecule has 0 bridgehead atoms. The first-order valence-electron chi connectivity index (χ1n) is 7.58. The largest absolute Gasteiger partial charge is 0.482 e. The lowest BCUT2D eigenvalue weighted by Crippen LogP contribution is -2.27. The molecule has 0 spiro atoms. The molecule has 2 aromatic rings. The monoisotopic (exact) mass is 328 g/mol. The normalized spacial score (nSPS) is 10.5. The smallest absolute Gasteiger partial charge is 0.341 e. The first kappa shape index (κ1) is 17.5. The molecular formula is C18H20N2O4. The quantitative estimate of drug-likeness (QED) is 0.882. The van der Waals surface area contributed by atoms with Gasteiger partial charge in [0.15, 0.2) is 6.61 Å². The highest BCUT2D eigenvalue weighted by Gasteiger charge is 2.16. The van der Waals surface area contributed by atoms with Gasteiger partial charge in [-0.25, -0.2) is 9.78 Å². The van der Waals surface area contributed by atoms with E-state index in [-0.39, 0.29) is 11.8 Å². The lowest BCUT2D eigenvalue weighted by atomic mass is 10.1. The Hall–Kier alpha value is -2.89. The Morgan fingerprint density at radius 1 is 1.17 bits per heavy atom. The molecule has 24 heavy (non-hydrogen) atoms. The first-order chi connectivity index (χ1) is 11.4. The fourth-order valence-electron chi connectivity index (χ4n) is 2.09. The van der Waals surface area contributed by atoms with Crippen molar-refractivity contribution in [2.75, 3.05) is 18.6 Å². The van der Waals surface area contributed by atoms with Crippen LogP contribution in [0.2, 0.25) is 0 Å². The summed E-state index contributed by atoms with van der Waals surface area (Å²) in [4.78, 5) is 29.0. The topological polar surface area (TPSA) is 79.7 Å². The second-order valence-corrected chi connectivity index (χ2v) is 5.64. The highest BCUT2D eigenvalue weighted by atomic mass is 16.5. The van der Waals surface area contributed by atoms with Crippen LogP contribution >= 0.6 is 0 Å². The Morgan fingerprint density at radius 2 is 1.83 bits per heavy atom. The third-order valence-electron chi connectivity index (χ3n) is 3.47. The predicted octanol–water partition coefficient (Wildman–Crippen LogP) is 2.95. The Kier molecular flexibility index (Phi) is 5.52. The van der Waals surface area contributed by atoms with E-state index in [1.54, 1.807) is 37.4 Å². The van der Waals surface area contributed by atoms with Crippen LogP contribution in [0.3, 0.4) is 0 Å². The molecule has 126 valence electrons. The molecule has 0 aliphatic carbocycles. The SMILES string of the molecule is CC(C)c1cccc(C(=O)N(C)c2ccc(OCC(=O)O)cc2)n1. The molecule has 1 heterocycles. The predicted molar refractivity (Wildman–Crippen MR) is 90.6 cm³/mol. The van der Waals surface area contributed by atoms with Gasteiger partial charge in [-0.15, -0.1) is 0 Å². The average molecular weight is 328 g/mol. The van der Waals surface area contributed by atoms with Crippen LogP contribution < -0.4 is 9.64 Å². The molecule has 6 nitrogen and oxygen atoms in total. The molecule has 0 unspecified atom stereocenters. The van der Waals surface area contributed by atoms with Crippen molar-refractivity contribution in [3.05, 3.63) is 53.9 Å². The molecule has 0 atom stereocenters. The third kappa shape index (κ3) is 4.32. The lowest BCUT2D eigenvalue weighted by Gasteiger charge is -2.18. The van der Waals surface area contributed by atoms with E-state index >= 15 is 0 Å².